The Kier molecular flexibility index (Phi) is 7.80. The average molecular weight is 370 g/mol. The zero-order valence-electron chi connectivity index (χ0n) is 16.5. The van der Waals surface area contributed by atoms with Gasteiger partial charge in [0.25, 0.3) is 11.5 Å². The van der Waals surface area contributed by atoms with Gasteiger partial charge in [-0.3, -0.25) is 9.59 Å². The quantitative estimate of drug-likeness (QED) is 0.711. The van der Waals surface area contributed by atoms with Crippen LogP contribution >= 0.6 is 0 Å². The van der Waals surface area contributed by atoms with Crippen molar-refractivity contribution in [1.82, 2.24) is 9.88 Å². The summed E-state index contributed by atoms with van der Waals surface area (Å²) in [5.74, 6) is -0.445. The second kappa shape index (κ2) is 10.1. The van der Waals surface area contributed by atoms with Gasteiger partial charge in [-0.05, 0) is 37.0 Å². The Balaban J connectivity index is 2.37. The van der Waals surface area contributed by atoms with Gasteiger partial charge in [-0.25, -0.2) is 0 Å². The normalized spacial score (nSPS) is 12.0. The highest BCUT2D eigenvalue weighted by molar-refractivity contribution is 5.94. The molecule has 1 amide bonds. The SMILES string of the molecule is CCCCn1c(CCC)c(C)cc(C(=O)N[C@H](CO)c2ccccc2)c1=O. The molecule has 1 aromatic carbocycles. The van der Waals surface area contributed by atoms with E-state index in [1.54, 1.807) is 10.6 Å². The lowest BCUT2D eigenvalue weighted by Crippen LogP contribution is -2.37. The molecule has 1 atom stereocenters. The Morgan fingerprint density at radius 3 is 2.48 bits per heavy atom. The summed E-state index contributed by atoms with van der Waals surface area (Å²) in [4.78, 5) is 25.8. The number of nitrogens with one attached hydrogen (secondary N) is 1. The first-order chi connectivity index (χ1) is 13.0. The molecule has 0 spiro atoms. The van der Waals surface area contributed by atoms with Crippen LogP contribution in [0.2, 0.25) is 0 Å². The number of aryl methyl sites for hydroxylation is 1. The number of amides is 1. The van der Waals surface area contributed by atoms with Crippen LogP contribution in [0.3, 0.4) is 0 Å². The molecule has 0 radical (unpaired) electrons. The van der Waals surface area contributed by atoms with Gasteiger partial charge in [-0.15, -0.1) is 0 Å². The van der Waals surface area contributed by atoms with Crippen LogP contribution in [-0.4, -0.2) is 22.2 Å². The fourth-order valence-corrected chi connectivity index (χ4v) is 3.28. The van der Waals surface area contributed by atoms with E-state index in [2.05, 4.69) is 19.2 Å². The summed E-state index contributed by atoms with van der Waals surface area (Å²) in [6.07, 6.45) is 3.63. The molecule has 5 nitrogen and oxygen atoms in total. The minimum Gasteiger partial charge on any atom is -0.394 e. The molecule has 27 heavy (non-hydrogen) atoms. The van der Waals surface area contributed by atoms with Gasteiger partial charge < -0.3 is 15.0 Å². The lowest BCUT2D eigenvalue weighted by Gasteiger charge is -2.19. The molecule has 5 heteroatoms. The monoisotopic (exact) mass is 370 g/mol. The maximum atomic E-state index is 13.0. The summed E-state index contributed by atoms with van der Waals surface area (Å²) in [6, 6.07) is 10.4. The van der Waals surface area contributed by atoms with E-state index in [0.717, 1.165) is 42.5 Å². The van der Waals surface area contributed by atoms with Crippen LogP contribution < -0.4 is 10.9 Å². The maximum Gasteiger partial charge on any atom is 0.263 e. The number of carbonyl (C=O) groups excluding carboxylic acids is 1. The second-order valence-electron chi connectivity index (χ2n) is 6.87. The van der Waals surface area contributed by atoms with Crippen LogP contribution in [0.25, 0.3) is 0 Å². The molecule has 0 aliphatic carbocycles. The molecule has 2 aromatic rings. The largest absolute Gasteiger partial charge is 0.394 e. The molecule has 1 heterocycles. The number of pyridine rings is 1. The number of carbonyl (C=O) groups is 1. The average Bonchev–Trinajstić information content (AvgIpc) is 2.68. The van der Waals surface area contributed by atoms with Gasteiger partial charge in [-0.2, -0.15) is 0 Å². The first-order valence-corrected chi connectivity index (χ1v) is 9.73. The van der Waals surface area contributed by atoms with Crippen molar-refractivity contribution in [2.45, 2.75) is 59.0 Å². The summed E-state index contributed by atoms with van der Waals surface area (Å²) in [7, 11) is 0. The molecule has 0 saturated heterocycles. The first kappa shape index (κ1) is 20.9. The fraction of sp³-hybridized carbons (Fsp3) is 0.455. The van der Waals surface area contributed by atoms with E-state index in [9.17, 15) is 14.7 Å². The lowest BCUT2D eigenvalue weighted by molar-refractivity contribution is 0.0914. The Labute approximate surface area is 161 Å². The molecule has 2 N–H and O–H groups in total. The minimum absolute atomic E-state index is 0.137. The second-order valence-corrected chi connectivity index (χ2v) is 6.87. The number of aromatic nitrogens is 1. The van der Waals surface area contributed by atoms with Crippen LogP contribution in [0.5, 0.6) is 0 Å². The van der Waals surface area contributed by atoms with Gasteiger partial charge in [0.15, 0.2) is 0 Å². The number of aliphatic hydroxyl groups excluding tert-OH is 1. The summed E-state index contributed by atoms with van der Waals surface area (Å²) in [5.41, 5.74) is 2.66. The summed E-state index contributed by atoms with van der Waals surface area (Å²) < 4.78 is 1.76. The number of aliphatic hydroxyl groups is 1. The Hall–Kier alpha value is -2.40. The number of hydrogen-bond donors (Lipinski definition) is 2. The summed E-state index contributed by atoms with van der Waals surface area (Å²) in [5, 5.41) is 12.5. The first-order valence-electron chi connectivity index (χ1n) is 9.73. The third-order valence-corrected chi connectivity index (χ3v) is 4.77. The van der Waals surface area contributed by atoms with Gasteiger partial charge in [0, 0.05) is 12.2 Å². The van der Waals surface area contributed by atoms with Crippen molar-refractivity contribution in [3.05, 3.63) is 69.1 Å². The van der Waals surface area contributed by atoms with Crippen molar-refractivity contribution in [3.63, 3.8) is 0 Å². The highest BCUT2D eigenvalue weighted by atomic mass is 16.3. The van der Waals surface area contributed by atoms with Crippen LogP contribution in [0, 0.1) is 6.92 Å². The Morgan fingerprint density at radius 1 is 1.19 bits per heavy atom. The van der Waals surface area contributed by atoms with Crippen LogP contribution in [0.4, 0.5) is 0 Å². The van der Waals surface area contributed by atoms with Crippen molar-refractivity contribution < 1.29 is 9.90 Å². The lowest BCUT2D eigenvalue weighted by atomic mass is 10.0. The predicted octanol–water partition coefficient (Wildman–Crippen LogP) is 3.37. The van der Waals surface area contributed by atoms with E-state index in [1.165, 1.54) is 0 Å². The van der Waals surface area contributed by atoms with E-state index in [-0.39, 0.29) is 17.7 Å². The van der Waals surface area contributed by atoms with E-state index >= 15 is 0 Å². The van der Waals surface area contributed by atoms with Crippen LogP contribution in [-0.2, 0) is 13.0 Å². The third-order valence-electron chi connectivity index (χ3n) is 4.77. The van der Waals surface area contributed by atoms with Gasteiger partial charge >= 0.3 is 0 Å². The number of nitrogens with zero attached hydrogens (tertiary/aromatic N) is 1. The molecule has 0 aliphatic rings. The topological polar surface area (TPSA) is 71.3 Å². The summed E-state index contributed by atoms with van der Waals surface area (Å²) in [6.45, 7) is 6.51. The molecule has 0 aliphatic heterocycles. The highest BCUT2D eigenvalue weighted by Gasteiger charge is 2.20. The number of benzene rings is 1. The summed E-state index contributed by atoms with van der Waals surface area (Å²) >= 11 is 0. The zero-order valence-corrected chi connectivity index (χ0v) is 16.5. The van der Waals surface area contributed by atoms with Crippen molar-refractivity contribution in [2.24, 2.45) is 0 Å². The number of unbranched alkanes of at least 4 members (excludes halogenated alkanes) is 1. The molecular formula is C22H30N2O3. The van der Waals surface area contributed by atoms with E-state index in [1.807, 2.05) is 37.3 Å². The van der Waals surface area contributed by atoms with Crippen molar-refractivity contribution in [3.8, 4) is 0 Å². The molecule has 1 aromatic heterocycles. The predicted molar refractivity (Wildman–Crippen MR) is 108 cm³/mol. The zero-order chi connectivity index (χ0) is 19.8. The fourth-order valence-electron chi connectivity index (χ4n) is 3.28. The minimum atomic E-state index is -0.544. The molecule has 0 saturated carbocycles. The standard InChI is InChI=1S/C22H30N2O3/c1-4-6-13-24-20(10-5-2)16(3)14-18(22(24)27)21(26)23-19(15-25)17-11-8-7-9-12-17/h7-9,11-12,14,19,25H,4-6,10,13,15H2,1-3H3,(H,23,26)/t19-/m1/s1. The molecule has 0 unspecified atom stereocenters. The third kappa shape index (κ3) is 5.07. The van der Waals surface area contributed by atoms with E-state index in [0.29, 0.717) is 6.54 Å². The van der Waals surface area contributed by atoms with Crippen molar-refractivity contribution >= 4 is 5.91 Å². The van der Waals surface area contributed by atoms with Crippen molar-refractivity contribution in [2.75, 3.05) is 6.61 Å². The molecule has 2 rings (SSSR count). The van der Waals surface area contributed by atoms with Gasteiger partial charge in [0.2, 0.25) is 0 Å². The van der Waals surface area contributed by atoms with Crippen LogP contribution in [0.15, 0.2) is 41.2 Å². The van der Waals surface area contributed by atoms with E-state index in [4.69, 9.17) is 0 Å². The Bertz CT molecular complexity index is 812. The van der Waals surface area contributed by atoms with Gasteiger partial charge in [-0.1, -0.05) is 57.0 Å². The smallest absolute Gasteiger partial charge is 0.263 e. The number of rotatable bonds is 9. The maximum absolute atomic E-state index is 13.0. The molecule has 0 fully saturated rings. The van der Waals surface area contributed by atoms with E-state index < -0.39 is 11.9 Å². The van der Waals surface area contributed by atoms with Gasteiger partial charge in [0.1, 0.15) is 5.56 Å². The highest BCUT2D eigenvalue weighted by Crippen LogP contribution is 2.15. The number of hydrogen-bond acceptors (Lipinski definition) is 3. The van der Waals surface area contributed by atoms with Crippen molar-refractivity contribution in [1.29, 1.82) is 0 Å². The molecular weight excluding hydrogens is 340 g/mol. The Morgan fingerprint density at radius 2 is 1.89 bits per heavy atom. The van der Waals surface area contributed by atoms with Crippen LogP contribution in [0.1, 0.15) is 66.3 Å². The molecule has 146 valence electrons. The molecule has 0 bridgehead atoms. The van der Waals surface area contributed by atoms with Gasteiger partial charge in [0.05, 0.1) is 12.6 Å².